The van der Waals surface area contributed by atoms with Gasteiger partial charge >= 0.3 is 0 Å². The second kappa shape index (κ2) is 9.81. The van der Waals surface area contributed by atoms with Crippen LogP contribution in [0, 0.1) is 35.0 Å². The van der Waals surface area contributed by atoms with Gasteiger partial charge in [0.05, 0.1) is 39.9 Å². The van der Waals surface area contributed by atoms with Crippen LogP contribution in [0.3, 0.4) is 0 Å². The third-order valence-electron chi connectivity index (χ3n) is 8.22. The van der Waals surface area contributed by atoms with Crippen molar-refractivity contribution in [2.24, 2.45) is 0 Å². The molecule has 3 aromatic heterocycles. The van der Waals surface area contributed by atoms with E-state index in [1.54, 1.807) is 12.1 Å². The number of fused-ring (bicyclic) bond motifs is 7. The number of allylic oxidation sites excluding steroid dienone is 1. The van der Waals surface area contributed by atoms with E-state index in [1.165, 1.54) is 10.8 Å². The fraction of sp³-hybridized carbons (Fsp3) is 0.0256. The van der Waals surface area contributed by atoms with E-state index in [0.29, 0.717) is 45.6 Å². The van der Waals surface area contributed by atoms with Gasteiger partial charge in [-0.15, -0.1) is 6.42 Å². The Bertz CT molecular complexity index is 2570. The van der Waals surface area contributed by atoms with E-state index in [9.17, 15) is 10.5 Å². The topological polar surface area (TPSA) is 78.8 Å². The van der Waals surface area contributed by atoms with Crippen LogP contribution in [0.15, 0.2) is 112 Å². The van der Waals surface area contributed by atoms with E-state index in [0.717, 1.165) is 38.4 Å². The molecule has 0 N–H and O–H groups in total. The van der Waals surface area contributed by atoms with Gasteiger partial charge in [0.2, 0.25) is 0 Å². The highest BCUT2D eigenvalue weighted by Crippen LogP contribution is 2.37. The number of para-hydroxylation sites is 2. The number of aromatic nitrogens is 1. The zero-order valence-electron chi connectivity index (χ0n) is 23.3. The van der Waals surface area contributed by atoms with Crippen LogP contribution < -0.4 is 0 Å². The van der Waals surface area contributed by atoms with Gasteiger partial charge in [0.1, 0.15) is 22.5 Å². The normalized spacial score (nSPS) is 11.6. The van der Waals surface area contributed by atoms with E-state index in [2.05, 4.69) is 59.0 Å². The average Bonchev–Trinajstić information content (AvgIpc) is 3.71. The monoisotopic (exact) mass is 563 g/mol. The standard InChI is InChI=1S/C39H21N3O2/c1-2-27-31-20-39-32(30-19-25(23-41)15-17-37(30)44-39)21-38(31)43-36(27)13-7-8-26-18-24(22-40)14-16-33(26)42-34-11-5-3-9-28(34)29-10-4-6-12-35(29)42/h1,3-7,9-21H,8H2/b13-7-. The van der Waals surface area contributed by atoms with Crippen molar-refractivity contribution in [1.29, 1.82) is 10.5 Å². The Kier molecular flexibility index (Phi) is 5.63. The summed E-state index contributed by atoms with van der Waals surface area (Å²) in [5, 5.41) is 23.9. The lowest BCUT2D eigenvalue weighted by Crippen LogP contribution is -2.00. The maximum absolute atomic E-state index is 9.70. The van der Waals surface area contributed by atoms with Crippen molar-refractivity contribution in [3.8, 4) is 30.2 Å². The average molecular weight is 564 g/mol. The van der Waals surface area contributed by atoms with Gasteiger partial charge in [0.15, 0.2) is 0 Å². The lowest BCUT2D eigenvalue weighted by Gasteiger charge is -2.13. The maximum atomic E-state index is 9.70. The Labute approximate surface area is 252 Å². The number of benzene rings is 5. The van der Waals surface area contributed by atoms with E-state index in [-0.39, 0.29) is 0 Å². The summed E-state index contributed by atoms with van der Waals surface area (Å²) in [6.07, 6.45) is 10.5. The minimum atomic E-state index is 0.552. The summed E-state index contributed by atoms with van der Waals surface area (Å²) in [6, 6.07) is 36.2. The zero-order valence-corrected chi connectivity index (χ0v) is 23.3. The third kappa shape index (κ3) is 3.80. The summed E-state index contributed by atoms with van der Waals surface area (Å²) >= 11 is 0. The second-order valence-electron chi connectivity index (χ2n) is 10.7. The Morgan fingerprint density at radius 2 is 1.30 bits per heavy atom. The van der Waals surface area contributed by atoms with Crippen molar-refractivity contribution in [2.45, 2.75) is 6.42 Å². The summed E-state index contributed by atoms with van der Waals surface area (Å²) in [6.45, 7) is 0. The number of nitriles is 2. The van der Waals surface area contributed by atoms with Gasteiger partial charge in [-0.3, -0.25) is 0 Å². The van der Waals surface area contributed by atoms with Crippen LogP contribution in [0.4, 0.5) is 0 Å². The van der Waals surface area contributed by atoms with Crippen LogP contribution in [0.25, 0.3) is 66.5 Å². The predicted octanol–water partition coefficient (Wildman–Crippen LogP) is 9.41. The Morgan fingerprint density at radius 3 is 2.02 bits per heavy atom. The van der Waals surface area contributed by atoms with Crippen molar-refractivity contribution < 1.29 is 8.83 Å². The minimum Gasteiger partial charge on any atom is -0.456 e. The lowest BCUT2D eigenvalue weighted by molar-refractivity contribution is 0.603. The van der Waals surface area contributed by atoms with Gasteiger partial charge in [-0.05, 0) is 78.7 Å². The fourth-order valence-corrected chi connectivity index (χ4v) is 6.23. The first kappa shape index (κ1) is 25.2. The third-order valence-corrected chi connectivity index (χ3v) is 8.22. The van der Waals surface area contributed by atoms with Crippen molar-refractivity contribution in [1.82, 2.24) is 4.57 Å². The Balaban J connectivity index is 1.22. The molecule has 0 saturated heterocycles. The molecule has 5 nitrogen and oxygen atoms in total. The van der Waals surface area contributed by atoms with Crippen LogP contribution in [-0.4, -0.2) is 4.57 Å². The molecule has 0 saturated carbocycles. The van der Waals surface area contributed by atoms with Crippen LogP contribution in [0.5, 0.6) is 0 Å². The lowest BCUT2D eigenvalue weighted by atomic mass is 10.0. The number of hydrogen-bond acceptors (Lipinski definition) is 4. The summed E-state index contributed by atoms with van der Waals surface area (Å²) in [7, 11) is 0. The van der Waals surface area contributed by atoms with Gasteiger partial charge in [0, 0.05) is 32.6 Å². The van der Waals surface area contributed by atoms with E-state index >= 15 is 0 Å². The molecular formula is C39H21N3O2. The summed E-state index contributed by atoms with van der Waals surface area (Å²) in [5.74, 6) is 3.38. The van der Waals surface area contributed by atoms with Gasteiger partial charge < -0.3 is 13.4 Å². The molecule has 204 valence electrons. The van der Waals surface area contributed by atoms with Gasteiger partial charge in [-0.25, -0.2) is 0 Å². The Hall–Kier alpha value is -6.48. The molecular weight excluding hydrogens is 542 g/mol. The molecule has 0 bridgehead atoms. The number of terminal acetylenes is 1. The highest BCUT2D eigenvalue weighted by Gasteiger charge is 2.17. The largest absolute Gasteiger partial charge is 0.456 e. The first-order valence-corrected chi connectivity index (χ1v) is 14.1. The SMILES string of the molecule is C#Cc1c(/C=C\Cc2cc(C#N)ccc2-n2c3ccccc3c3ccccc32)oc2cc3c(cc12)oc1ccc(C#N)cc13. The summed E-state index contributed by atoms with van der Waals surface area (Å²) < 4.78 is 14.6. The number of rotatable bonds is 4. The highest BCUT2D eigenvalue weighted by molar-refractivity contribution is 6.11. The molecule has 0 aliphatic carbocycles. The van der Waals surface area contributed by atoms with Gasteiger partial charge in [0.25, 0.3) is 0 Å². The van der Waals surface area contributed by atoms with Crippen molar-refractivity contribution in [2.75, 3.05) is 0 Å². The number of furan rings is 2. The van der Waals surface area contributed by atoms with E-state index in [4.69, 9.17) is 15.3 Å². The molecule has 0 atom stereocenters. The van der Waals surface area contributed by atoms with Crippen molar-refractivity contribution in [3.63, 3.8) is 0 Å². The van der Waals surface area contributed by atoms with Crippen molar-refractivity contribution in [3.05, 3.63) is 131 Å². The van der Waals surface area contributed by atoms with Gasteiger partial charge in [-0.1, -0.05) is 48.4 Å². The predicted molar refractivity (Wildman–Crippen MR) is 174 cm³/mol. The number of hydrogen-bond donors (Lipinski definition) is 0. The van der Waals surface area contributed by atoms with Crippen LogP contribution in [0.2, 0.25) is 0 Å². The first-order valence-electron chi connectivity index (χ1n) is 14.1. The zero-order chi connectivity index (χ0) is 29.8. The van der Waals surface area contributed by atoms with E-state index < -0.39 is 0 Å². The minimum absolute atomic E-state index is 0.552. The molecule has 0 unspecified atom stereocenters. The highest BCUT2D eigenvalue weighted by atomic mass is 16.3. The molecule has 0 fully saturated rings. The molecule has 8 aromatic rings. The van der Waals surface area contributed by atoms with E-state index in [1.807, 2.05) is 60.7 Å². The van der Waals surface area contributed by atoms with Crippen LogP contribution >= 0.6 is 0 Å². The molecule has 0 aliphatic heterocycles. The molecule has 0 aliphatic rings. The Morgan fingerprint density at radius 1 is 0.659 bits per heavy atom. The molecule has 5 heteroatoms. The van der Waals surface area contributed by atoms with Crippen molar-refractivity contribution >= 4 is 60.8 Å². The molecule has 0 spiro atoms. The van der Waals surface area contributed by atoms with Crippen LogP contribution in [0.1, 0.15) is 28.0 Å². The maximum Gasteiger partial charge on any atom is 0.143 e. The smallest absolute Gasteiger partial charge is 0.143 e. The quantitative estimate of drug-likeness (QED) is 0.200. The summed E-state index contributed by atoms with van der Waals surface area (Å²) in [5.41, 5.74) is 8.06. The second-order valence-corrected chi connectivity index (χ2v) is 10.7. The molecule has 8 rings (SSSR count). The van der Waals surface area contributed by atoms with Crippen LogP contribution in [-0.2, 0) is 6.42 Å². The van der Waals surface area contributed by atoms with Gasteiger partial charge in [-0.2, -0.15) is 10.5 Å². The fourth-order valence-electron chi connectivity index (χ4n) is 6.23. The summed E-state index contributed by atoms with van der Waals surface area (Å²) in [4.78, 5) is 0. The molecule has 44 heavy (non-hydrogen) atoms. The number of nitrogens with zero attached hydrogens (tertiary/aromatic N) is 3. The molecule has 0 amide bonds. The molecule has 0 radical (unpaired) electrons. The molecule has 5 aromatic carbocycles. The first-order chi connectivity index (χ1) is 21.7. The molecule has 3 heterocycles.